The lowest BCUT2D eigenvalue weighted by atomic mass is 10.6. The Balaban J connectivity index is 3.33. The van der Waals surface area contributed by atoms with Crippen LogP contribution in [-0.2, 0) is 14.9 Å². The van der Waals surface area contributed by atoms with Crippen molar-refractivity contribution in [2.45, 2.75) is 11.8 Å². The van der Waals surface area contributed by atoms with E-state index in [9.17, 15) is 18.3 Å². The van der Waals surface area contributed by atoms with E-state index in [4.69, 9.17) is 9.66 Å². The first-order chi connectivity index (χ1) is 6.73. The van der Waals surface area contributed by atoms with Crippen LogP contribution in [0.2, 0.25) is 0 Å². The average Bonchev–Trinajstić information content (AvgIpc) is 2.30. The van der Waals surface area contributed by atoms with E-state index in [2.05, 4.69) is 4.84 Å². The molecule has 0 amide bonds. The molecule has 3 N–H and O–H groups in total. The molecule has 8 nitrogen and oxygen atoms in total. The summed E-state index contributed by atoms with van der Waals surface area (Å²) in [5.74, 6) is -2.82. The number of aromatic hydroxyl groups is 2. The Morgan fingerprint density at radius 3 is 2.33 bits per heavy atom. The molecule has 0 spiro atoms. The Morgan fingerprint density at radius 2 is 2.00 bits per heavy atom. The highest BCUT2D eigenvalue weighted by Crippen LogP contribution is 2.29. The maximum Gasteiger partial charge on any atom is 0.330 e. The lowest BCUT2D eigenvalue weighted by Gasteiger charge is -2.03. The standard InChI is InChI=1S/C6H7NO7S/c1-3(8)14-7-5(9)2-4(6(7)10)15(11,12)13/h2,9-10H,1H3,(H,11,12,13). The summed E-state index contributed by atoms with van der Waals surface area (Å²) in [5.41, 5.74) is 0. The van der Waals surface area contributed by atoms with Crippen molar-refractivity contribution < 1.29 is 32.8 Å². The molecule has 0 aliphatic rings. The van der Waals surface area contributed by atoms with Crippen molar-refractivity contribution in [3.63, 3.8) is 0 Å². The van der Waals surface area contributed by atoms with Gasteiger partial charge in [0.15, 0.2) is 4.90 Å². The number of nitrogens with zero attached hydrogens (tertiary/aromatic N) is 1. The van der Waals surface area contributed by atoms with E-state index < -0.39 is 32.7 Å². The first-order valence-corrected chi connectivity index (χ1v) is 4.97. The normalized spacial score (nSPS) is 11.3. The van der Waals surface area contributed by atoms with Gasteiger partial charge in [0.1, 0.15) is 0 Å². The first-order valence-electron chi connectivity index (χ1n) is 3.53. The fourth-order valence-electron chi connectivity index (χ4n) is 0.857. The maximum atomic E-state index is 10.6. The van der Waals surface area contributed by atoms with Crippen molar-refractivity contribution in [2.24, 2.45) is 0 Å². The molecule has 0 aliphatic heterocycles. The zero-order valence-corrected chi connectivity index (χ0v) is 8.22. The summed E-state index contributed by atoms with van der Waals surface area (Å²) in [6, 6.07) is 0.535. The third-order valence-corrected chi connectivity index (χ3v) is 2.24. The number of carbonyl (C=O) groups is 1. The second-order valence-corrected chi connectivity index (χ2v) is 3.93. The van der Waals surface area contributed by atoms with Gasteiger partial charge in [-0.25, -0.2) is 4.79 Å². The quantitative estimate of drug-likeness (QED) is 0.570. The molecule has 1 rings (SSSR count). The number of hydrogen-bond donors (Lipinski definition) is 3. The Labute approximate surface area is 84.0 Å². The van der Waals surface area contributed by atoms with Gasteiger partial charge < -0.3 is 15.1 Å². The van der Waals surface area contributed by atoms with Gasteiger partial charge in [-0.3, -0.25) is 4.55 Å². The van der Waals surface area contributed by atoms with Crippen LogP contribution >= 0.6 is 0 Å². The van der Waals surface area contributed by atoms with Gasteiger partial charge >= 0.3 is 5.97 Å². The molecule has 0 unspecified atom stereocenters. The van der Waals surface area contributed by atoms with Gasteiger partial charge in [0.25, 0.3) is 16.0 Å². The van der Waals surface area contributed by atoms with Crippen LogP contribution in [0, 0.1) is 0 Å². The molecule has 0 fully saturated rings. The minimum absolute atomic E-state index is 0.172. The molecule has 1 aromatic heterocycles. The summed E-state index contributed by atoms with van der Waals surface area (Å²) in [5, 5.41) is 18.3. The van der Waals surface area contributed by atoms with Crippen molar-refractivity contribution in [3.8, 4) is 11.8 Å². The van der Waals surface area contributed by atoms with Crippen molar-refractivity contribution in [1.82, 2.24) is 4.73 Å². The number of hydrogen-bond acceptors (Lipinski definition) is 6. The predicted molar refractivity (Wildman–Crippen MR) is 44.8 cm³/mol. The highest BCUT2D eigenvalue weighted by molar-refractivity contribution is 7.86. The molecule has 1 heterocycles. The van der Waals surface area contributed by atoms with Gasteiger partial charge in [-0.05, 0) is 0 Å². The van der Waals surface area contributed by atoms with Crippen molar-refractivity contribution in [2.75, 3.05) is 0 Å². The van der Waals surface area contributed by atoms with E-state index >= 15 is 0 Å². The summed E-state index contributed by atoms with van der Waals surface area (Å²) in [6.07, 6.45) is 0. The molecule has 0 radical (unpaired) electrons. The van der Waals surface area contributed by atoms with E-state index in [-0.39, 0.29) is 4.73 Å². The molecular weight excluding hydrogens is 230 g/mol. The molecule has 0 saturated heterocycles. The summed E-state index contributed by atoms with van der Waals surface area (Å²) in [6.45, 7) is 0.978. The second kappa shape index (κ2) is 3.44. The minimum atomic E-state index is -4.69. The summed E-state index contributed by atoms with van der Waals surface area (Å²) in [4.78, 5) is 13.8. The van der Waals surface area contributed by atoms with E-state index in [0.717, 1.165) is 6.92 Å². The Kier molecular flexibility index (Phi) is 2.60. The molecule has 0 bridgehead atoms. The SMILES string of the molecule is CC(=O)On1c(O)cc(S(=O)(=O)O)c1O. The van der Waals surface area contributed by atoms with Crippen LogP contribution in [0.1, 0.15) is 6.92 Å². The summed E-state index contributed by atoms with van der Waals surface area (Å²) in [7, 11) is -4.69. The van der Waals surface area contributed by atoms with Gasteiger partial charge in [-0.1, -0.05) is 0 Å². The van der Waals surface area contributed by atoms with Crippen LogP contribution < -0.4 is 4.84 Å². The smallest absolute Gasteiger partial charge is 0.330 e. The van der Waals surface area contributed by atoms with Gasteiger partial charge in [-0.15, -0.1) is 4.73 Å². The number of rotatable bonds is 2. The lowest BCUT2D eigenvalue weighted by Crippen LogP contribution is -2.15. The second-order valence-electron chi connectivity index (χ2n) is 2.54. The largest absolute Gasteiger partial charge is 0.492 e. The molecule has 0 saturated carbocycles. The fraction of sp³-hybridized carbons (Fsp3) is 0.167. The highest BCUT2D eigenvalue weighted by atomic mass is 32.2. The van der Waals surface area contributed by atoms with Crippen LogP contribution in [0.3, 0.4) is 0 Å². The van der Waals surface area contributed by atoms with Crippen LogP contribution in [0.25, 0.3) is 0 Å². The van der Waals surface area contributed by atoms with Gasteiger partial charge in [0.05, 0.1) is 0 Å². The van der Waals surface area contributed by atoms with Crippen LogP contribution in [0.4, 0.5) is 0 Å². The molecule has 9 heteroatoms. The van der Waals surface area contributed by atoms with Crippen LogP contribution in [-0.4, -0.2) is 33.9 Å². The fourth-order valence-corrected chi connectivity index (χ4v) is 1.43. The van der Waals surface area contributed by atoms with E-state index in [0.29, 0.717) is 6.07 Å². The van der Waals surface area contributed by atoms with Crippen molar-refractivity contribution in [1.29, 1.82) is 0 Å². The highest BCUT2D eigenvalue weighted by Gasteiger charge is 2.25. The Morgan fingerprint density at radius 1 is 1.47 bits per heavy atom. The molecule has 0 atom stereocenters. The molecule has 84 valence electrons. The van der Waals surface area contributed by atoms with E-state index in [1.54, 1.807) is 0 Å². The molecular formula is C6H7NO7S. The third kappa shape index (κ3) is 2.19. The zero-order valence-electron chi connectivity index (χ0n) is 7.41. The molecule has 0 aromatic carbocycles. The van der Waals surface area contributed by atoms with E-state index in [1.165, 1.54) is 0 Å². The number of carbonyl (C=O) groups excluding carboxylic acids is 1. The van der Waals surface area contributed by atoms with Gasteiger partial charge in [0, 0.05) is 13.0 Å². The topological polar surface area (TPSA) is 126 Å². The average molecular weight is 237 g/mol. The Bertz CT molecular complexity index is 500. The lowest BCUT2D eigenvalue weighted by molar-refractivity contribution is -0.142. The summed E-state index contributed by atoms with van der Waals surface area (Å²) < 4.78 is 30.0. The third-order valence-electron chi connectivity index (χ3n) is 1.38. The first kappa shape index (κ1) is 11.3. The monoisotopic (exact) mass is 237 g/mol. The zero-order chi connectivity index (χ0) is 11.8. The van der Waals surface area contributed by atoms with Gasteiger partial charge in [-0.2, -0.15) is 8.42 Å². The van der Waals surface area contributed by atoms with Crippen LogP contribution in [0.5, 0.6) is 11.8 Å². The Hall–Kier alpha value is -1.74. The van der Waals surface area contributed by atoms with Crippen molar-refractivity contribution in [3.05, 3.63) is 6.07 Å². The van der Waals surface area contributed by atoms with Gasteiger partial charge in [0.2, 0.25) is 5.88 Å². The van der Waals surface area contributed by atoms with E-state index in [1.807, 2.05) is 0 Å². The van der Waals surface area contributed by atoms with Crippen molar-refractivity contribution >= 4 is 16.1 Å². The van der Waals surface area contributed by atoms with Crippen LogP contribution in [0.15, 0.2) is 11.0 Å². The number of aromatic nitrogens is 1. The molecule has 15 heavy (non-hydrogen) atoms. The predicted octanol–water partition coefficient (Wildman–Crippen LogP) is -0.879. The summed E-state index contributed by atoms with van der Waals surface area (Å²) >= 11 is 0. The molecule has 0 aliphatic carbocycles. The molecule has 1 aromatic rings. The maximum absolute atomic E-state index is 10.6. The minimum Gasteiger partial charge on any atom is -0.492 e.